The van der Waals surface area contributed by atoms with Crippen LogP contribution in [-0.2, 0) is 6.18 Å². The van der Waals surface area contributed by atoms with E-state index in [0.29, 0.717) is 0 Å². The first kappa shape index (κ1) is 10.5. The van der Waals surface area contributed by atoms with E-state index in [1.54, 1.807) is 0 Å². The molecule has 0 aliphatic heterocycles. The van der Waals surface area contributed by atoms with Crippen LogP contribution in [0.4, 0.5) is 13.2 Å². The molecule has 1 aromatic heterocycles. The van der Waals surface area contributed by atoms with Crippen LogP contribution >= 0.6 is 0 Å². The van der Waals surface area contributed by atoms with Crippen molar-refractivity contribution in [2.24, 2.45) is 0 Å². The first-order valence-corrected chi connectivity index (χ1v) is 4.42. The molecule has 1 N–H and O–H groups in total. The lowest BCUT2D eigenvalue weighted by atomic mass is 10.2. The van der Waals surface area contributed by atoms with Gasteiger partial charge in [-0.2, -0.15) is 13.2 Å². The Morgan fingerprint density at radius 1 is 1.25 bits per heavy atom. The summed E-state index contributed by atoms with van der Waals surface area (Å²) in [6.45, 7) is 0. The number of benzene rings is 1. The second-order valence-corrected chi connectivity index (χ2v) is 3.18. The van der Waals surface area contributed by atoms with Crippen molar-refractivity contribution in [2.45, 2.75) is 6.18 Å². The van der Waals surface area contributed by atoms with E-state index in [9.17, 15) is 18.0 Å². The number of halogens is 3. The van der Waals surface area contributed by atoms with Crippen molar-refractivity contribution in [3.8, 4) is 5.69 Å². The number of imidazole rings is 1. The van der Waals surface area contributed by atoms with Crippen molar-refractivity contribution in [1.29, 1.82) is 0 Å². The highest BCUT2D eigenvalue weighted by atomic mass is 19.4. The summed E-state index contributed by atoms with van der Waals surface area (Å²) in [7, 11) is 0. The SMILES string of the molecule is O=c1[nH]ccn1-c1cccc(C(F)(F)F)c1. The quantitative estimate of drug-likeness (QED) is 0.798. The molecular weight excluding hydrogens is 221 g/mol. The number of aromatic amines is 1. The minimum Gasteiger partial charge on any atom is -0.312 e. The van der Waals surface area contributed by atoms with Gasteiger partial charge in [-0.1, -0.05) is 6.07 Å². The number of nitrogens with zero attached hydrogens (tertiary/aromatic N) is 1. The Bertz CT molecular complexity index is 553. The van der Waals surface area contributed by atoms with Crippen molar-refractivity contribution in [3.05, 3.63) is 52.7 Å². The fourth-order valence-corrected chi connectivity index (χ4v) is 1.36. The summed E-state index contributed by atoms with van der Waals surface area (Å²) in [5.74, 6) is 0. The molecule has 0 atom stereocenters. The van der Waals surface area contributed by atoms with Crippen LogP contribution in [-0.4, -0.2) is 9.55 Å². The normalized spacial score (nSPS) is 11.7. The van der Waals surface area contributed by atoms with Crippen LogP contribution in [0.5, 0.6) is 0 Å². The zero-order valence-corrected chi connectivity index (χ0v) is 7.95. The van der Waals surface area contributed by atoms with E-state index in [0.717, 1.165) is 16.7 Å². The molecule has 0 aliphatic rings. The van der Waals surface area contributed by atoms with Gasteiger partial charge in [-0.3, -0.25) is 4.57 Å². The fraction of sp³-hybridized carbons (Fsp3) is 0.100. The van der Waals surface area contributed by atoms with Gasteiger partial charge in [0, 0.05) is 12.4 Å². The van der Waals surface area contributed by atoms with Gasteiger partial charge in [0.05, 0.1) is 11.3 Å². The molecule has 0 radical (unpaired) electrons. The maximum atomic E-state index is 12.4. The summed E-state index contributed by atoms with van der Waals surface area (Å²) in [6.07, 6.45) is -1.67. The Kier molecular flexibility index (Phi) is 2.34. The van der Waals surface area contributed by atoms with E-state index in [4.69, 9.17) is 0 Å². The molecule has 0 aliphatic carbocycles. The molecule has 0 spiro atoms. The molecule has 0 saturated heterocycles. The number of H-pyrrole nitrogens is 1. The summed E-state index contributed by atoms with van der Waals surface area (Å²) in [6, 6.07) is 4.58. The lowest BCUT2D eigenvalue weighted by Gasteiger charge is -2.08. The first-order chi connectivity index (χ1) is 7.48. The first-order valence-electron chi connectivity index (χ1n) is 4.42. The summed E-state index contributed by atoms with van der Waals surface area (Å²) in [5.41, 5.74) is -1.07. The molecule has 0 amide bonds. The van der Waals surface area contributed by atoms with Crippen molar-refractivity contribution in [1.82, 2.24) is 9.55 Å². The highest BCUT2D eigenvalue weighted by Gasteiger charge is 2.30. The highest BCUT2D eigenvalue weighted by Crippen LogP contribution is 2.29. The summed E-state index contributed by atoms with van der Waals surface area (Å²) in [5, 5.41) is 0. The van der Waals surface area contributed by atoms with E-state index in [1.165, 1.54) is 24.5 Å². The average molecular weight is 228 g/mol. The molecule has 84 valence electrons. The average Bonchev–Trinajstić information content (AvgIpc) is 2.63. The van der Waals surface area contributed by atoms with Crippen molar-refractivity contribution in [3.63, 3.8) is 0 Å². The number of aromatic nitrogens is 2. The molecule has 3 nitrogen and oxygen atoms in total. The zero-order valence-electron chi connectivity index (χ0n) is 7.95. The van der Waals surface area contributed by atoms with Crippen LogP contribution in [0.3, 0.4) is 0 Å². The smallest absolute Gasteiger partial charge is 0.312 e. The monoisotopic (exact) mass is 228 g/mol. The molecule has 0 unspecified atom stereocenters. The minimum absolute atomic E-state index is 0.182. The van der Waals surface area contributed by atoms with Gasteiger partial charge in [-0.05, 0) is 18.2 Å². The molecule has 16 heavy (non-hydrogen) atoms. The second kappa shape index (κ2) is 3.55. The third-order valence-electron chi connectivity index (χ3n) is 2.10. The maximum absolute atomic E-state index is 12.4. The standard InChI is InChI=1S/C10H7F3N2O/c11-10(12,13)7-2-1-3-8(6-7)15-5-4-14-9(15)16/h1-6H,(H,14,16). The topological polar surface area (TPSA) is 37.8 Å². The molecule has 1 heterocycles. The van der Waals surface area contributed by atoms with Gasteiger partial charge in [-0.15, -0.1) is 0 Å². The number of hydrogen-bond acceptors (Lipinski definition) is 1. The highest BCUT2D eigenvalue weighted by molar-refractivity contribution is 5.36. The number of rotatable bonds is 1. The van der Waals surface area contributed by atoms with E-state index in [2.05, 4.69) is 4.98 Å². The summed E-state index contributed by atoms with van der Waals surface area (Å²) >= 11 is 0. The number of alkyl halides is 3. The lowest BCUT2D eigenvalue weighted by Crippen LogP contribution is -2.15. The predicted molar refractivity (Wildman–Crippen MR) is 51.4 cm³/mol. The number of hydrogen-bond donors (Lipinski definition) is 1. The van der Waals surface area contributed by atoms with E-state index in [-0.39, 0.29) is 5.69 Å². The largest absolute Gasteiger partial charge is 0.416 e. The van der Waals surface area contributed by atoms with Crippen LogP contribution in [0.15, 0.2) is 41.5 Å². The van der Waals surface area contributed by atoms with Crippen molar-refractivity contribution < 1.29 is 13.2 Å². The maximum Gasteiger partial charge on any atom is 0.416 e. The summed E-state index contributed by atoms with van der Waals surface area (Å²) < 4.78 is 38.4. The van der Waals surface area contributed by atoms with Crippen LogP contribution in [0.25, 0.3) is 5.69 Å². The third kappa shape index (κ3) is 1.86. The van der Waals surface area contributed by atoms with Crippen molar-refractivity contribution >= 4 is 0 Å². The Balaban J connectivity index is 2.53. The van der Waals surface area contributed by atoms with Gasteiger partial charge in [0.15, 0.2) is 0 Å². The molecule has 1 aromatic carbocycles. The van der Waals surface area contributed by atoms with Gasteiger partial charge in [0.1, 0.15) is 0 Å². The Hall–Kier alpha value is -1.98. The molecule has 6 heteroatoms. The van der Waals surface area contributed by atoms with Gasteiger partial charge in [0.25, 0.3) is 0 Å². The third-order valence-corrected chi connectivity index (χ3v) is 2.10. The van der Waals surface area contributed by atoms with Crippen LogP contribution in [0.1, 0.15) is 5.56 Å². The van der Waals surface area contributed by atoms with Crippen LogP contribution < -0.4 is 5.69 Å². The Morgan fingerprint density at radius 3 is 2.56 bits per heavy atom. The van der Waals surface area contributed by atoms with Gasteiger partial charge >= 0.3 is 11.9 Å². The molecular formula is C10H7F3N2O. The van der Waals surface area contributed by atoms with Crippen LogP contribution in [0.2, 0.25) is 0 Å². The molecule has 0 fully saturated rings. The minimum atomic E-state index is -4.41. The van der Waals surface area contributed by atoms with Gasteiger partial charge in [0.2, 0.25) is 0 Å². The van der Waals surface area contributed by atoms with E-state index < -0.39 is 17.4 Å². The van der Waals surface area contributed by atoms with Crippen LogP contribution in [0, 0.1) is 0 Å². The molecule has 0 bridgehead atoms. The van der Waals surface area contributed by atoms with Gasteiger partial charge < -0.3 is 4.98 Å². The van der Waals surface area contributed by atoms with Gasteiger partial charge in [-0.25, -0.2) is 4.79 Å². The lowest BCUT2D eigenvalue weighted by molar-refractivity contribution is -0.137. The van der Waals surface area contributed by atoms with E-state index >= 15 is 0 Å². The molecule has 0 saturated carbocycles. The number of nitrogens with one attached hydrogen (secondary N) is 1. The van der Waals surface area contributed by atoms with Crippen molar-refractivity contribution in [2.75, 3.05) is 0 Å². The summed E-state index contributed by atoms with van der Waals surface area (Å²) in [4.78, 5) is 13.6. The molecule has 2 aromatic rings. The molecule has 2 rings (SSSR count). The fourth-order valence-electron chi connectivity index (χ4n) is 1.36. The predicted octanol–water partition coefficient (Wildman–Crippen LogP) is 2.18. The Morgan fingerprint density at radius 2 is 2.00 bits per heavy atom. The second-order valence-electron chi connectivity index (χ2n) is 3.18. The Labute approximate surface area is 88.2 Å². The van der Waals surface area contributed by atoms with E-state index in [1.807, 2.05) is 0 Å². The zero-order chi connectivity index (χ0) is 11.8.